The number of nitrogens with two attached hydrogens (primary N) is 1. The van der Waals surface area contributed by atoms with Gasteiger partial charge in [0.2, 0.25) is 12.7 Å². The van der Waals surface area contributed by atoms with Crippen molar-refractivity contribution in [2.45, 2.75) is 64.7 Å². The molecule has 0 spiro atoms. The number of fused-ring (bicyclic) bond motifs is 3. The van der Waals surface area contributed by atoms with Gasteiger partial charge in [-0.1, -0.05) is 26.2 Å². The Morgan fingerprint density at radius 1 is 1.02 bits per heavy atom. The van der Waals surface area contributed by atoms with Gasteiger partial charge in [-0.2, -0.15) is 0 Å². The highest BCUT2D eigenvalue weighted by molar-refractivity contribution is 6.22. The molecule has 4 aliphatic carbocycles. The Balaban J connectivity index is 1.35. The maximum atomic E-state index is 14.1. The molecule has 4 aliphatic rings. The molecule has 15 nitrogen and oxygen atoms in total. The Hall–Kier alpha value is -5.08. The van der Waals surface area contributed by atoms with Crippen molar-refractivity contribution in [1.82, 2.24) is 4.90 Å². The summed E-state index contributed by atoms with van der Waals surface area (Å²) in [6.45, 7) is 0.867. The molecular formula is C35H44N4O11. The second kappa shape index (κ2) is 14.8. The van der Waals surface area contributed by atoms with Crippen molar-refractivity contribution in [3.8, 4) is 5.75 Å². The molecule has 3 amide bonds. The predicted molar refractivity (Wildman–Crippen MR) is 178 cm³/mol. The third kappa shape index (κ3) is 6.98. The summed E-state index contributed by atoms with van der Waals surface area (Å²) >= 11 is 0. The molecule has 1 saturated carbocycles. The number of amides is 3. The molecule has 5 rings (SSSR count). The van der Waals surface area contributed by atoms with E-state index in [0.717, 1.165) is 37.0 Å². The van der Waals surface area contributed by atoms with E-state index in [-0.39, 0.29) is 48.5 Å². The van der Waals surface area contributed by atoms with E-state index in [9.17, 15) is 44.1 Å². The van der Waals surface area contributed by atoms with E-state index in [1.807, 2.05) is 0 Å². The highest BCUT2D eigenvalue weighted by Crippen LogP contribution is 2.51. The first-order valence-electron chi connectivity index (χ1n) is 16.9. The minimum atomic E-state index is -1.26. The Bertz CT molecular complexity index is 1670. The van der Waals surface area contributed by atoms with Gasteiger partial charge >= 0.3 is 12.1 Å². The number of carbonyl (C=O) groups is 6. The highest BCUT2D eigenvalue weighted by atomic mass is 16.7. The number of hydrogen-bond acceptors (Lipinski definition) is 12. The van der Waals surface area contributed by atoms with Gasteiger partial charge < -0.3 is 40.7 Å². The van der Waals surface area contributed by atoms with Crippen molar-refractivity contribution in [2.24, 2.45) is 29.4 Å². The van der Waals surface area contributed by atoms with E-state index in [1.54, 1.807) is 25.9 Å². The van der Waals surface area contributed by atoms with Crippen LogP contribution in [-0.4, -0.2) is 89.6 Å². The molecule has 0 heterocycles. The number of anilines is 2. The molecule has 1 aromatic rings. The molecule has 0 saturated heterocycles. The number of aliphatic hydroxyl groups is 2. The fraction of sp³-hybridized carbons (Fsp3) is 0.543. The third-order valence-corrected chi connectivity index (χ3v) is 10.0. The van der Waals surface area contributed by atoms with Crippen LogP contribution in [0.25, 0.3) is 0 Å². The standard InChI is InChI=1S/C35H44N4O11/c1-4-10-39(35(48)50-16-49-34(47)17-8-6-5-7-9-17)15-24(41)37-21-14-22(38(2)3)20-12-18-11-19-13-23(40)28(33(36)46)32(45)26(19)30(43)25(18)31(44)27(20)29(21)42/h14,17-19,26,40,42-43H,4-13,15-16H2,1-3H3,(H2,36,46)(H,37,41). The third-order valence-electron chi connectivity index (χ3n) is 10.0. The van der Waals surface area contributed by atoms with E-state index in [1.165, 1.54) is 6.07 Å². The molecule has 0 aromatic heterocycles. The van der Waals surface area contributed by atoms with Crippen molar-refractivity contribution in [3.05, 3.63) is 39.9 Å². The van der Waals surface area contributed by atoms with Crippen molar-refractivity contribution in [1.29, 1.82) is 0 Å². The van der Waals surface area contributed by atoms with E-state index < -0.39 is 89.4 Å². The number of phenols is 1. The maximum Gasteiger partial charge on any atom is 0.413 e. The number of nitrogens with zero attached hydrogens (tertiary/aromatic N) is 2. The molecule has 3 atom stereocenters. The summed E-state index contributed by atoms with van der Waals surface area (Å²) < 4.78 is 10.3. The van der Waals surface area contributed by atoms with Crippen molar-refractivity contribution in [2.75, 3.05) is 44.2 Å². The van der Waals surface area contributed by atoms with Crippen LogP contribution in [0.1, 0.15) is 74.2 Å². The van der Waals surface area contributed by atoms with E-state index in [2.05, 4.69) is 5.32 Å². The number of Topliss-reactive ketones (excluding diaryl/α,β-unsaturated/α-hetero) is 2. The zero-order valence-electron chi connectivity index (χ0n) is 28.5. The number of aliphatic hydroxyl groups excluding tert-OH is 2. The van der Waals surface area contributed by atoms with Gasteiger partial charge in [0.05, 0.1) is 23.1 Å². The van der Waals surface area contributed by atoms with E-state index >= 15 is 0 Å². The summed E-state index contributed by atoms with van der Waals surface area (Å²) in [5.41, 5.74) is 5.32. The maximum absolute atomic E-state index is 14.1. The predicted octanol–water partition coefficient (Wildman–Crippen LogP) is 3.40. The summed E-state index contributed by atoms with van der Waals surface area (Å²) in [6.07, 6.45) is 4.37. The van der Waals surface area contributed by atoms with Gasteiger partial charge in [0.25, 0.3) is 5.91 Å². The summed E-state index contributed by atoms with van der Waals surface area (Å²) in [7, 11) is 3.44. The van der Waals surface area contributed by atoms with Gasteiger partial charge in [-0.15, -0.1) is 0 Å². The molecule has 1 aromatic carbocycles. The number of ether oxygens (including phenoxy) is 2. The lowest BCUT2D eigenvalue weighted by atomic mass is 9.62. The van der Waals surface area contributed by atoms with Crippen LogP contribution in [-0.2, 0) is 35.1 Å². The van der Waals surface area contributed by atoms with Crippen LogP contribution in [0.4, 0.5) is 16.2 Å². The van der Waals surface area contributed by atoms with Gasteiger partial charge in [0.15, 0.2) is 17.3 Å². The molecular weight excluding hydrogens is 652 g/mol. The van der Waals surface area contributed by atoms with Crippen molar-refractivity contribution in [3.63, 3.8) is 0 Å². The summed E-state index contributed by atoms with van der Waals surface area (Å²) in [5.74, 6) is -8.04. The fourth-order valence-electron chi connectivity index (χ4n) is 7.74. The largest absolute Gasteiger partial charge is 0.511 e. The second-order valence-electron chi connectivity index (χ2n) is 13.6. The number of hydrogen-bond donors (Lipinski definition) is 5. The summed E-state index contributed by atoms with van der Waals surface area (Å²) in [4.78, 5) is 80.4. The number of carbonyl (C=O) groups excluding carboxylic acids is 6. The Labute approximate surface area is 289 Å². The van der Waals surface area contributed by atoms with Gasteiger partial charge in [0, 0.05) is 38.3 Å². The number of ketones is 2. The van der Waals surface area contributed by atoms with Crippen LogP contribution < -0.4 is 16.0 Å². The molecule has 0 radical (unpaired) electrons. The monoisotopic (exact) mass is 696 g/mol. The van der Waals surface area contributed by atoms with Crippen LogP contribution >= 0.6 is 0 Å². The molecule has 270 valence electrons. The quantitative estimate of drug-likeness (QED) is 0.103. The normalized spacial score (nSPS) is 21.9. The molecule has 6 N–H and O–H groups in total. The van der Waals surface area contributed by atoms with Crippen molar-refractivity contribution < 1.29 is 53.6 Å². The Morgan fingerprint density at radius 3 is 2.36 bits per heavy atom. The average Bonchev–Trinajstić information content (AvgIpc) is 3.05. The van der Waals surface area contributed by atoms with E-state index in [4.69, 9.17) is 15.2 Å². The molecule has 50 heavy (non-hydrogen) atoms. The smallest absolute Gasteiger partial charge is 0.413 e. The molecule has 1 fully saturated rings. The van der Waals surface area contributed by atoms with Crippen molar-refractivity contribution >= 4 is 46.8 Å². The molecule has 0 bridgehead atoms. The van der Waals surface area contributed by atoms with Gasteiger partial charge in [-0.25, -0.2) is 4.79 Å². The molecule has 15 heteroatoms. The second-order valence-corrected chi connectivity index (χ2v) is 13.6. The minimum Gasteiger partial charge on any atom is -0.511 e. The van der Waals surface area contributed by atoms with E-state index in [0.29, 0.717) is 17.7 Å². The zero-order chi connectivity index (χ0) is 36.4. The Morgan fingerprint density at radius 2 is 1.72 bits per heavy atom. The lowest BCUT2D eigenvalue weighted by Gasteiger charge is -2.41. The first kappa shape index (κ1) is 36.2. The first-order valence-corrected chi connectivity index (χ1v) is 16.9. The molecule has 3 unspecified atom stereocenters. The van der Waals surface area contributed by atoms with Crippen LogP contribution in [0.2, 0.25) is 0 Å². The number of allylic oxidation sites excluding steroid dienone is 3. The fourth-order valence-corrected chi connectivity index (χ4v) is 7.74. The van der Waals surface area contributed by atoms with Gasteiger partial charge in [0.1, 0.15) is 23.6 Å². The highest BCUT2D eigenvalue weighted by Gasteiger charge is 2.50. The number of benzene rings is 1. The number of rotatable bonds is 10. The summed E-state index contributed by atoms with van der Waals surface area (Å²) in [5, 5.41) is 35.7. The lowest BCUT2D eigenvalue weighted by Crippen LogP contribution is -2.43. The first-order chi connectivity index (χ1) is 23.7. The number of nitrogens with one attached hydrogen (secondary N) is 1. The number of primary amides is 1. The SMILES string of the molecule is CCCN(CC(=O)Nc1cc(N(C)C)c2c(c1O)C(=O)C1=C(O)C3C(=O)C(C(N)=O)=C(O)CC3CC1C2)C(=O)OCOC(=O)C1CCCCC1. The number of phenolic OH excluding ortho intramolecular Hbond substituents is 1. The van der Waals surface area contributed by atoms with Crippen LogP contribution in [0.5, 0.6) is 5.75 Å². The minimum absolute atomic E-state index is 0.0749. The van der Waals surface area contributed by atoms with Gasteiger partial charge in [-0.05, 0) is 55.6 Å². The topological polar surface area (TPSA) is 226 Å². The lowest BCUT2D eigenvalue weighted by molar-refractivity contribution is -0.158. The zero-order valence-corrected chi connectivity index (χ0v) is 28.5. The number of aromatic hydroxyl groups is 1. The molecule has 0 aliphatic heterocycles. The average molecular weight is 697 g/mol. The summed E-state index contributed by atoms with van der Waals surface area (Å²) in [6, 6.07) is 1.50. The van der Waals surface area contributed by atoms with Crippen LogP contribution in [0.3, 0.4) is 0 Å². The van der Waals surface area contributed by atoms with Crippen LogP contribution in [0, 0.1) is 23.7 Å². The van der Waals surface area contributed by atoms with Crippen LogP contribution in [0.15, 0.2) is 28.7 Å². The van der Waals surface area contributed by atoms with Gasteiger partial charge in [-0.3, -0.25) is 28.9 Å². The number of esters is 1. The Kier molecular flexibility index (Phi) is 10.7.